The second-order valence-corrected chi connectivity index (χ2v) is 7.61. The predicted octanol–water partition coefficient (Wildman–Crippen LogP) is 3.24. The summed E-state index contributed by atoms with van der Waals surface area (Å²) in [5.41, 5.74) is 0.641. The third kappa shape index (κ3) is 4.74. The first-order valence-corrected chi connectivity index (χ1v) is 8.86. The van der Waals surface area contributed by atoms with E-state index in [1.807, 2.05) is 49.9 Å². The van der Waals surface area contributed by atoms with Crippen LogP contribution in [0.15, 0.2) is 24.3 Å². The van der Waals surface area contributed by atoms with Gasteiger partial charge < -0.3 is 14.4 Å². The van der Waals surface area contributed by atoms with E-state index >= 15 is 0 Å². The van der Waals surface area contributed by atoms with E-state index in [4.69, 9.17) is 9.47 Å². The number of rotatable bonds is 4. The van der Waals surface area contributed by atoms with Crippen LogP contribution < -0.4 is 4.74 Å². The summed E-state index contributed by atoms with van der Waals surface area (Å²) < 4.78 is 10.4. The van der Waals surface area contributed by atoms with Crippen molar-refractivity contribution in [1.82, 2.24) is 4.90 Å². The zero-order chi connectivity index (χ0) is 18.6. The molecular weight excluding hydrogens is 318 g/mol. The molecule has 1 heterocycles. The summed E-state index contributed by atoms with van der Waals surface area (Å²) in [4.78, 5) is 26.9. The van der Waals surface area contributed by atoms with Crippen molar-refractivity contribution in [3.05, 3.63) is 29.8 Å². The van der Waals surface area contributed by atoms with E-state index in [0.717, 1.165) is 11.3 Å². The summed E-state index contributed by atoms with van der Waals surface area (Å²) >= 11 is 0. The van der Waals surface area contributed by atoms with Crippen molar-refractivity contribution in [2.24, 2.45) is 11.3 Å². The highest BCUT2D eigenvalue weighted by molar-refractivity contribution is 5.83. The minimum Gasteiger partial charge on any atom is -0.497 e. The average Bonchev–Trinajstić information content (AvgIpc) is 2.60. The Morgan fingerprint density at radius 1 is 1.16 bits per heavy atom. The fraction of sp³-hybridized carbons (Fsp3) is 0.600. The van der Waals surface area contributed by atoms with Gasteiger partial charge >= 0.3 is 5.97 Å². The van der Waals surface area contributed by atoms with Crippen molar-refractivity contribution in [1.29, 1.82) is 0 Å². The summed E-state index contributed by atoms with van der Waals surface area (Å²) in [6, 6.07) is 7.85. The largest absolute Gasteiger partial charge is 0.497 e. The molecule has 5 nitrogen and oxygen atoms in total. The number of hydrogen-bond donors (Lipinski definition) is 0. The number of nitrogens with zero attached hydrogens (tertiary/aromatic N) is 1. The van der Waals surface area contributed by atoms with Crippen LogP contribution >= 0.6 is 0 Å². The lowest BCUT2D eigenvalue weighted by molar-refractivity contribution is -0.153. The minimum atomic E-state index is -0.471. The number of methoxy groups -OCH3 is 1. The van der Waals surface area contributed by atoms with Crippen LogP contribution in [0.4, 0.5) is 0 Å². The third-order valence-corrected chi connectivity index (χ3v) is 4.59. The van der Waals surface area contributed by atoms with Gasteiger partial charge in [0.1, 0.15) is 5.75 Å². The summed E-state index contributed by atoms with van der Waals surface area (Å²) in [6.07, 6.45) is 0.694. The van der Waals surface area contributed by atoms with Crippen molar-refractivity contribution in [2.75, 3.05) is 26.8 Å². The maximum Gasteiger partial charge on any atom is 0.310 e. The number of carbonyl (C=O) groups excluding carboxylic acids is 2. The van der Waals surface area contributed by atoms with E-state index in [2.05, 4.69) is 0 Å². The van der Waals surface area contributed by atoms with Crippen LogP contribution in [0.25, 0.3) is 0 Å². The van der Waals surface area contributed by atoms with Gasteiger partial charge in [-0.15, -0.1) is 0 Å². The average molecular weight is 347 g/mol. The molecule has 0 radical (unpaired) electrons. The van der Waals surface area contributed by atoms with Crippen LogP contribution in [-0.4, -0.2) is 43.6 Å². The Bertz CT molecular complexity index is 603. The second-order valence-electron chi connectivity index (χ2n) is 7.61. The maximum atomic E-state index is 12.8. The Kier molecular flexibility index (Phi) is 6.09. The van der Waals surface area contributed by atoms with Crippen molar-refractivity contribution >= 4 is 11.9 Å². The van der Waals surface area contributed by atoms with E-state index in [-0.39, 0.29) is 23.7 Å². The number of hydrogen-bond acceptors (Lipinski definition) is 4. The van der Waals surface area contributed by atoms with Crippen molar-refractivity contribution in [3.63, 3.8) is 0 Å². The van der Waals surface area contributed by atoms with Crippen LogP contribution in [0.2, 0.25) is 0 Å². The Labute approximate surface area is 150 Å². The molecule has 2 rings (SSSR count). The number of benzene rings is 1. The van der Waals surface area contributed by atoms with Crippen LogP contribution in [0.1, 0.15) is 45.6 Å². The maximum absolute atomic E-state index is 12.8. The molecule has 5 heteroatoms. The first-order valence-electron chi connectivity index (χ1n) is 8.86. The first kappa shape index (κ1) is 19.3. The fourth-order valence-electron chi connectivity index (χ4n) is 3.29. The van der Waals surface area contributed by atoms with Gasteiger partial charge in [-0.3, -0.25) is 9.59 Å². The molecule has 1 amide bonds. The zero-order valence-corrected chi connectivity index (χ0v) is 15.9. The van der Waals surface area contributed by atoms with Gasteiger partial charge in [0.25, 0.3) is 0 Å². The molecule has 1 aliphatic heterocycles. The first-order chi connectivity index (χ1) is 11.8. The van der Waals surface area contributed by atoms with E-state index in [1.54, 1.807) is 14.0 Å². The smallest absolute Gasteiger partial charge is 0.310 e. The third-order valence-electron chi connectivity index (χ3n) is 4.59. The van der Waals surface area contributed by atoms with Crippen molar-refractivity contribution in [2.45, 2.75) is 40.0 Å². The van der Waals surface area contributed by atoms with E-state index in [1.165, 1.54) is 0 Å². The van der Waals surface area contributed by atoms with Gasteiger partial charge in [-0.1, -0.05) is 32.9 Å². The Balaban J connectivity index is 2.25. The number of ether oxygens (including phenoxy) is 2. The van der Waals surface area contributed by atoms with E-state index < -0.39 is 5.41 Å². The molecule has 2 unspecified atom stereocenters. The standard InChI is InChI=1S/C20H29NO4/c1-6-25-18(22)16-11-15(14-7-9-17(24-5)10-8-14)12-21(13-16)19(23)20(2,3)4/h7-10,15-16H,6,11-13H2,1-5H3. The highest BCUT2D eigenvalue weighted by atomic mass is 16.5. The van der Waals surface area contributed by atoms with Gasteiger partial charge in [-0.2, -0.15) is 0 Å². The molecule has 1 fully saturated rings. The Morgan fingerprint density at radius 3 is 2.32 bits per heavy atom. The normalized spacial score (nSPS) is 20.9. The molecule has 1 aromatic carbocycles. The topological polar surface area (TPSA) is 55.8 Å². The molecule has 25 heavy (non-hydrogen) atoms. The predicted molar refractivity (Wildman–Crippen MR) is 96.5 cm³/mol. The molecule has 1 saturated heterocycles. The number of likely N-dealkylation sites (tertiary alicyclic amines) is 1. The van der Waals surface area contributed by atoms with Gasteiger partial charge in [-0.05, 0) is 31.0 Å². The highest BCUT2D eigenvalue weighted by Crippen LogP contribution is 2.33. The molecule has 138 valence electrons. The van der Waals surface area contributed by atoms with Crippen molar-refractivity contribution in [3.8, 4) is 5.75 Å². The van der Waals surface area contributed by atoms with Gasteiger partial charge in [0.15, 0.2) is 0 Å². The quantitative estimate of drug-likeness (QED) is 0.785. The molecule has 0 aliphatic carbocycles. The second kappa shape index (κ2) is 7.89. The monoisotopic (exact) mass is 347 g/mol. The highest BCUT2D eigenvalue weighted by Gasteiger charge is 2.38. The molecule has 0 spiro atoms. The number of amides is 1. The van der Waals surface area contributed by atoms with Crippen LogP contribution in [0, 0.1) is 11.3 Å². The molecular formula is C20H29NO4. The Morgan fingerprint density at radius 2 is 1.80 bits per heavy atom. The Hall–Kier alpha value is -2.04. The van der Waals surface area contributed by atoms with Gasteiger partial charge in [0.2, 0.25) is 5.91 Å². The molecule has 0 saturated carbocycles. The zero-order valence-electron chi connectivity index (χ0n) is 15.9. The van der Waals surface area contributed by atoms with Crippen molar-refractivity contribution < 1.29 is 19.1 Å². The molecule has 0 aromatic heterocycles. The number of carbonyl (C=O) groups is 2. The van der Waals surface area contributed by atoms with Gasteiger partial charge in [-0.25, -0.2) is 0 Å². The minimum absolute atomic E-state index is 0.0695. The lowest BCUT2D eigenvalue weighted by atomic mass is 9.83. The van der Waals surface area contributed by atoms with E-state index in [0.29, 0.717) is 26.1 Å². The molecule has 0 bridgehead atoms. The lowest BCUT2D eigenvalue weighted by Gasteiger charge is -2.39. The van der Waals surface area contributed by atoms with Crippen LogP contribution in [0.5, 0.6) is 5.75 Å². The summed E-state index contributed by atoms with van der Waals surface area (Å²) in [5.74, 6) is 0.476. The summed E-state index contributed by atoms with van der Waals surface area (Å²) in [7, 11) is 1.64. The number of piperidine rings is 1. The van der Waals surface area contributed by atoms with Crippen LogP contribution in [-0.2, 0) is 14.3 Å². The number of esters is 1. The molecule has 1 aromatic rings. The summed E-state index contributed by atoms with van der Waals surface area (Å²) in [6.45, 7) is 8.94. The molecule has 2 atom stereocenters. The summed E-state index contributed by atoms with van der Waals surface area (Å²) in [5, 5.41) is 0. The van der Waals surface area contributed by atoms with Gasteiger partial charge in [0.05, 0.1) is 19.6 Å². The van der Waals surface area contributed by atoms with E-state index in [9.17, 15) is 9.59 Å². The SMILES string of the molecule is CCOC(=O)C1CC(c2ccc(OC)cc2)CN(C(=O)C(C)(C)C)C1. The lowest BCUT2D eigenvalue weighted by Crippen LogP contribution is -2.49. The van der Waals surface area contributed by atoms with Crippen LogP contribution in [0.3, 0.4) is 0 Å². The molecule has 1 aliphatic rings. The fourth-order valence-corrected chi connectivity index (χ4v) is 3.29. The van der Waals surface area contributed by atoms with Gasteiger partial charge in [0, 0.05) is 24.4 Å². The molecule has 0 N–H and O–H groups in total.